The summed E-state index contributed by atoms with van der Waals surface area (Å²) >= 11 is 12.0. The van der Waals surface area contributed by atoms with Gasteiger partial charge < -0.3 is 11.1 Å². The molecule has 110 valence electrons. The molecule has 1 aromatic carbocycles. The number of amides is 1. The summed E-state index contributed by atoms with van der Waals surface area (Å²) in [5, 5.41) is 4.01. The molecule has 0 spiro atoms. The van der Waals surface area contributed by atoms with Gasteiger partial charge in [-0.2, -0.15) is 0 Å². The van der Waals surface area contributed by atoms with Crippen LogP contribution in [0.2, 0.25) is 10.0 Å². The van der Waals surface area contributed by atoms with Crippen LogP contribution in [0.1, 0.15) is 38.2 Å². The molecule has 1 aromatic rings. The Bertz CT molecular complexity index is 499. The number of halogens is 2. The first-order chi connectivity index (χ1) is 9.45. The van der Waals surface area contributed by atoms with Gasteiger partial charge in [0.2, 0.25) is 5.91 Å². The zero-order chi connectivity index (χ0) is 14.8. The summed E-state index contributed by atoms with van der Waals surface area (Å²) in [5.41, 5.74) is 6.22. The zero-order valence-electron chi connectivity index (χ0n) is 11.6. The van der Waals surface area contributed by atoms with Crippen molar-refractivity contribution in [2.45, 2.75) is 44.1 Å². The van der Waals surface area contributed by atoms with Crippen LogP contribution in [0, 0.1) is 0 Å². The van der Waals surface area contributed by atoms with Crippen LogP contribution in [-0.4, -0.2) is 18.5 Å². The molecule has 0 heterocycles. The molecule has 20 heavy (non-hydrogen) atoms. The van der Waals surface area contributed by atoms with Crippen molar-refractivity contribution in [2.24, 2.45) is 5.73 Å². The SMILES string of the molecule is CC(N)CCNC(=O)C1(c2ccc(Cl)c(Cl)c2)CCC1. The van der Waals surface area contributed by atoms with Crippen molar-refractivity contribution in [1.82, 2.24) is 5.32 Å². The molecule has 5 heteroatoms. The minimum absolute atomic E-state index is 0.0720. The van der Waals surface area contributed by atoms with E-state index in [0.717, 1.165) is 31.2 Å². The maximum Gasteiger partial charge on any atom is 0.230 e. The lowest BCUT2D eigenvalue weighted by Crippen LogP contribution is -2.49. The third-order valence-electron chi connectivity index (χ3n) is 4.00. The summed E-state index contributed by atoms with van der Waals surface area (Å²) in [7, 11) is 0. The van der Waals surface area contributed by atoms with Crippen molar-refractivity contribution >= 4 is 29.1 Å². The van der Waals surface area contributed by atoms with Gasteiger partial charge in [0.15, 0.2) is 0 Å². The molecule has 3 nitrogen and oxygen atoms in total. The maximum atomic E-state index is 12.5. The molecule has 0 saturated heterocycles. The molecule has 1 atom stereocenters. The Labute approximate surface area is 129 Å². The average Bonchev–Trinajstić information content (AvgIpc) is 2.32. The van der Waals surface area contributed by atoms with E-state index in [0.29, 0.717) is 16.6 Å². The summed E-state index contributed by atoms with van der Waals surface area (Å²) in [4.78, 5) is 12.5. The lowest BCUT2D eigenvalue weighted by molar-refractivity contribution is -0.129. The van der Waals surface area contributed by atoms with E-state index >= 15 is 0 Å². The number of carbonyl (C=O) groups excluding carboxylic acids is 1. The summed E-state index contributed by atoms with van der Waals surface area (Å²) in [5.74, 6) is 0.0720. The fourth-order valence-electron chi connectivity index (χ4n) is 2.55. The fraction of sp³-hybridized carbons (Fsp3) is 0.533. The normalized spacial score (nSPS) is 18.2. The molecule has 0 bridgehead atoms. The fourth-order valence-corrected chi connectivity index (χ4v) is 2.85. The quantitative estimate of drug-likeness (QED) is 0.876. The van der Waals surface area contributed by atoms with Crippen LogP contribution in [-0.2, 0) is 10.2 Å². The number of nitrogens with one attached hydrogen (secondary N) is 1. The van der Waals surface area contributed by atoms with Gasteiger partial charge in [-0.3, -0.25) is 4.79 Å². The minimum atomic E-state index is -0.438. The van der Waals surface area contributed by atoms with Crippen LogP contribution in [0.4, 0.5) is 0 Å². The van der Waals surface area contributed by atoms with Gasteiger partial charge in [0.25, 0.3) is 0 Å². The molecule has 1 fully saturated rings. The average molecular weight is 315 g/mol. The van der Waals surface area contributed by atoms with Gasteiger partial charge >= 0.3 is 0 Å². The van der Waals surface area contributed by atoms with Crippen LogP contribution in [0.25, 0.3) is 0 Å². The number of rotatable bonds is 5. The second-order valence-electron chi connectivity index (χ2n) is 5.59. The Hall–Kier alpha value is -0.770. The first kappa shape index (κ1) is 15.6. The molecule has 2 rings (SSSR count). The molecular formula is C15H20Cl2N2O. The van der Waals surface area contributed by atoms with E-state index in [2.05, 4.69) is 5.32 Å². The number of hydrogen-bond acceptors (Lipinski definition) is 2. The second kappa shape index (κ2) is 6.33. The first-order valence-electron chi connectivity index (χ1n) is 6.95. The predicted molar refractivity (Wildman–Crippen MR) is 83.3 cm³/mol. The summed E-state index contributed by atoms with van der Waals surface area (Å²) in [6.07, 6.45) is 3.55. The van der Waals surface area contributed by atoms with E-state index in [9.17, 15) is 4.79 Å². The summed E-state index contributed by atoms with van der Waals surface area (Å²) in [6, 6.07) is 5.57. The molecule has 1 aliphatic rings. The van der Waals surface area contributed by atoms with Gasteiger partial charge in [0.05, 0.1) is 15.5 Å². The van der Waals surface area contributed by atoms with Crippen molar-refractivity contribution in [2.75, 3.05) is 6.54 Å². The third-order valence-corrected chi connectivity index (χ3v) is 4.74. The van der Waals surface area contributed by atoms with Crippen molar-refractivity contribution in [3.8, 4) is 0 Å². The predicted octanol–water partition coefficient (Wildman–Crippen LogP) is 3.27. The van der Waals surface area contributed by atoms with Crippen LogP contribution in [0.5, 0.6) is 0 Å². The van der Waals surface area contributed by atoms with Gasteiger partial charge in [-0.05, 0) is 43.9 Å². The van der Waals surface area contributed by atoms with Gasteiger partial charge in [0.1, 0.15) is 0 Å². The highest BCUT2D eigenvalue weighted by Crippen LogP contribution is 2.45. The van der Waals surface area contributed by atoms with E-state index in [4.69, 9.17) is 28.9 Å². The Morgan fingerprint density at radius 2 is 2.10 bits per heavy atom. The van der Waals surface area contributed by atoms with Crippen LogP contribution >= 0.6 is 23.2 Å². The molecule has 1 amide bonds. The van der Waals surface area contributed by atoms with Crippen LogP contribution < -0.4 is 11.1 Å². The molecule has 0 radical (unpaired) electrons. The molecular weight excluding hydrogens is 295 g/mol. The smallest absolute Gasteiger partial charge is 0.230 e. The Morgan fingerprint density at radius 3 is 2.60 bits per heavy atom. The lowest BCUT2D eigenvalue weighted by atomic mass is 9.64. The lowest BCUT2D eigenvalue weighted by Gasteiger charge is -2.41. The zero-order valence-corrected chi connectivity index (χ0v) is 13.1. The Kier molecular flexibility index (Phi) is 4.95. The monoisotopic (exact) mass is 314 g/mol. The van der Waals surface area contributed by atoms with Crippen LogP contribution in [0.3, 0.4) is 0 Å². The first-order valence-corrected chi connectivity index (χ1v) is 7.71. The number of hydrogen-bond donors (Lipinski definition) is 2. The highest BCUT2D eigenvalue weighted by atomic mass is 35.5. The van der Waals surface area contributed by atoms with E-state index in [1.807, 2.05) is 19.1 Å². The second-order valence-corrected chi connectivity index (χ2v) is 6.40. The van der Waals surface area contributed by atoms with Gasteiger partial charge in [-0.15, -0.1) is 0 Å². The van der Waals surface area contributed by atoms with Crippen molar-refractivity contribution < 1.29 is 4.79 Å². The Morgan fingerprint density at radius 1 is 1.40 bits per heavy atom. The van der Waals surface area contributed by atoms with Gasteiger partial charge in [-0.25, -0.2) is 0 Å². The van der Waals surface area contributed by atoms with E-state index < -0.39 is 5.41 Å². The molecule has 3 N–H and O–H groups in total. The number of carbonyl (C=O) groups is 1. The molecule has 1 aliphatic carbocycles. The number of nitrogens with two attached hydrogens (primary N) is 1. The molecule has 1 unspecified atom stereocenters. The van der Waals surface area contributed by atoms with Crippen molar-refractivity contribution in [3.05, 3.63) is 33.8 Å². The van der Waals surface area contributed by atoms with E-state index in [1.54, 1.807) is 6.07 Å². The molecule has 0 aromatic heterocycles. The Balaban J connectivity index is 2.12. The standard InChI is InChI=1S/C15H20Cl2N2O/c1-10(18)5-8-19-14(20)15(6-2-7-15)11-3-4-12(16)13(17)9-11/h3-4,9-10H,2,5-8,18H2,1H3,(H,19,20). The van der Waals surface area contributed by atoms with Crippen LogP contribution in [0.15, 0.2) is 18.2 Å². The highest BCUT2D eigenvalue weighted by molar-refractivity contribution is 6.42. The van der Waals surface area contributed by atoms with Crippen molar-refractivity contribution in [3.63, 3.8) is 0 Å². The van der Waals surface area contributed by atoms with E-state index in [1.165, 1.54) is 0 Å². The summed E-state index contributed by atoms with van der Waals surface area (Å²) < 4.78 is 0. The third kappa shape index (κ3) is 3.11. The van der Waals surface area contributed by atoms with Crippen molar-refractivity contribution in [1.29, 1.82) is 0 Å². The topological polar surface area (TPSA) is 55.1 Å². The maximum absolute atomic E-state index is 12.5. The molecule has 0 aliphatic heterocycles. The van der Waals surface area contributed by atoms with E-state index in [-0.39, 0.29) is 11.9 Å². The van der Waals surface area contributed by atoms with Gasteiger partial charge in [0, 0.05) is 12.6 Å². The largest absolute Gasteiger partial charge is 0.355 e. The summed E-state index contributed by atoms with van der Waals surface area (Å²) in [6.45, 7) is 2.55. The molecule has 1 saturated carbocycles. The number of benzene rings is 1. The highest BCUT2D eigenvalue weighted by Gasteiger charge is 2.45. The van der Waals surface area contributed by atoms with Gasteiger partial charge in [-0.1, -0.05) is 35.7 Å². The minimum Gasteiger partial charge on any atom is -0.355 e.